The van der Waals surface area contributed by atoms with Crippen LogP contribution in [0.2, 0.25) is 20.1 Å². The molecule has 3 unspecified atom stereocenters. The lowest BCUT2D eigenvalue weighted by Gasteiger charge is -2.34. The maximum absolute atomic E-state index is 16.4. The molecule has 0 radical (unpaired) electrons. The van der Waals surface area contributed by atoms with Gasteiger partial charge >= 0.3 is 0 Å². The average Bonchev–Trinajstić information content (AvgIpc) is 2.94. The fraction of sp³-hybridized carbons (Fsp3) is 0.233. The molecule has 228 valence electrons. The molecule has 13 heteroatoms. The smallest absolute Gasteiger partial charge is 0.254 e. The third-order valence-electron chi connectivity index (χ3n) is 6.67. The Morgan fingerprint density at radius 2 is 1.67 bits per heavy atom. The van der Waals surface area contributed by atoms with Gasteiger partial charge in [-0.3, -0.25) is 10.1 Å². The number of allylic oxidation sites excluding steroid dienone is 2. The van der Waals surface area contributed by atoms with Crippen molar-refractivity contribution in [2.24, 2.45) is 0 Å². The van der Waals surface area contributed by atoms with Crippen molar-refractivity contribution >= 4 is 62.1 Å². The number of carbonyl (C=O) groups is 1. The summed E-state index contributed by atoms with van der Waals surface area (Å²) in [5.41, 5.74) is 0.699. The number of nitrogens with one attached hydrogen (secondary N) is 2. The summed E-state index contributed by atoms with van der Waals surface area (Å²) in [5, 5.41) is 3.50. The van der Waals surface area contributed by atoms with Crippen molar-refractivity contribution in [3.63, 3.8) is 0 Å². The van der Waals surface area contributed by atoms with Gasteiger partial charge in [0.1, 0.15) is 11.6 Å². The third-order valence-corrected chi connectivity index (χ3v) is 9.84. The number of benzene rings is 3. The number of sulfone groups is 1. The van der Waals surface area contributed by atoms with Gasteiger partial charge in [-0.2, -0.15) is 0 Å². The Bertz CT molecular complexity index is 1650. The fourth-order valence-electron chi connectivity index (χ4n) is 4.47. The molecule has 4 rings (SSSR count). The molecule has 1 aliphatic rings. The normalized spacial score (nSPS) is 19.0. The quantitative estimate of drug-likeness (QED) is 0.199. The summed E-state index contributed by atoms with van der Waals surface area (Å²) in [6, 6.07) is 12.6. The Morgan fingerprint density at radius 3 is 2.35 bits per heavy atom. The molecule has 6 nitrogen and oxygen atoms in total. The first-order valence-electron chi connectivity index (χ1n) is 13.0. The number of hydrogen-bond acceptors (Lipinski definition) is 5. The van der Waals surface area contributed by atoms with E-state index in [0.717, 1.165) is 12.2 Å². The van der Waals surface area contributed by atoms with E-state index in [4.69, 9.17) is 51.1 Å². The van der Waals surface area contributed by atoms with Crippen LogP contribution in [0.15, 0.2) is 89.6 Å². The largest absolute Gasteiger partial charge is 0.493 e. The predicted molar refractivity (Wildman–Crippen MR) is 167 cm³/mol. The standard InChI is InChI=1S/C30H26Cl4F2N2O4S/c1-18(38-27-17-21(35)11-12-30(27,36)43(40,41)22-9-7-19(31)8-10-22)23-5-2-3-6-26(23)42-14-4-13-37-29(39)28-24(33)15-20(32)16-25(28)34/h2-3,5-12,15-18,27,38H,4,13-14H2,1H3,(H,37,39). The molecule has 0 aromatic heterocycles. The van der Waals surface area contributed by atoms with Gasteiger partial charge in [-0.1, -0.05) is 64.6 Å². The number of alkyl halides is 1. The summed E-state index contributed by atoms with van der Waals surface area (Å²) in [7, 11) is -4.62. The first-order chi connectivity index (χ1) is 20.3. The van der Waals surface area contributed by atoms with Crippen molar-refractivity contribution < 1.29 is 26.7 Å². The predicted octanol–water partition coefficient (Wildman–Crippen LogP) is 8.08. The van der Waals surface area contributed by atoms with Gasteiger partial charge in [0.25, 0.3) is 10.9 Å². The molecule has 3 aromatic carbocycles. The van der Waals surface area contributed by atoms with E-state index >= 15 is 4.39 Å². The number of para-hydroxylation sites is 1. The van der Waals surface area contributed by atoms with Crippen LogP contribution in [0.25, 0.3) is 0 Å². The zero-order valence-corrected chi connectivity index (χ0v) is 26.4. The lowest BCUT2D eigenvalue weighted by molar-refractivity contribution is 0.0952. The van der Waals surface area contributed by atoms with E-state index in [1.165, 1.54) is 36.4 Å². The van der Waals surface area contributed by atoms with Crippen LogP contribution in [-0.4, -0.2) is 38.5 Å². The maximum Gasteiger partial charge on any atom is 0.254 e. The number of carbonyl (C=O) groups excluding carboxylic acids is 1. The van der Waals surface area contributed by atoms with Crippen molar-refractivity contribution in [3.8, 4) is 5.75 Å². The highest BCUT2D eigenvalue weighted by molar-refractivity contribution is 7.93. The molecule has 0 spiro atoms. The molecule has 43 heavy (non-hydrogen) atoms. The van der Waals surface area contributed by atoms with Gasteiger partial charge in [0, 0.05) is 28.2 Å². The molecule has 0 heterocycles. The van der Waals surface area contributed by atoms with Crippen molar-refractivity contribution in [1.82, 2.24) is 10.6 Å². The molecule has 3 aromatic rings. The monoisotopic (exact) mass is 688 g/mol. The third kappa shape index (κ3) is 7.53. The Kier molecular flexibility index (Phi) is 10.8. The second-order valence-corrected chi connectivity index (χ2v) is 13.4. The van der Waals surface area contributed by atoms with Gasteiger partial charge < -0.3 is 10.1 Å². The van der Waals surface area contributed by atoms with Gasteiger partial charge in [-0.25, -0.2) is 17.2 Å². The Labute approximate surface area is 268 Å². The minimum Gasteiger partial charge on any atom is -0.493 e. The number of halogens is 6. The molecule has 0 aliphatic heterocycles. The second kappa shape index (κ2) is 14.0. The minimum atomic E-state index is -4.62. The van der Waals surface area contributed by atoms with Crippen LogP contribution in [0.4, 0.5) is 8.78 Å². The molecule has 1 amide bonds. The topological polar surface area (TPSA) is 84.5 Å². The van der Waals surface area contributed by atoms with Crippen LogP contribution >= 0.6 is 46.4 Å². The number of hydrogen-bond donors (Lipinski definition) is 2. The van der Waals surface area contributed by atoms with Gasteiger partial charge in [-0.15, -0.1) is 0 Å². The molecule has 0 saturated heterocycles. The zero-order valence-electron chi connectivity index (χ0n) is 22.6. The average molecular weight is 690 g/mol. The molecule has 0 fully saturated rings. The van der Waals surface area contributed by atoms with E-state index in [-0.39, 0.29) is 38.7 Å². The van der Waals surface area contributed by atoms with Crippen molar-refractivity contribution in [2.45, 2.75) is 35.3 Å². The molecular weight excluding hydrogens is 664 g/mol. The van der Waals surface area contributed by atoms with Crippen LogP contribution in [0.1, 0.15) is 35.3 Å². The summed E-state index contributed by atoms with van der Waals surface area (Å²) in [5.74, 6) is -0.801. The number of ether oxygens (including phenoxy) is 1. The highest BCUT2D eigenvalue weighted by atomic mass is 35.5. The molecule has 3 atom stereocenters. The van der Waals surface area contributed by atoms with Gasteiger partial charge in [0.15, 0.2) is 0 Å². The highest BCUT2D eigenvalue weighted by Gasteiger charge is 2.51. The van der Waals surface area contributed by atoms with Crippen LogP contribution in [0, 0.1) is 0 Å². The molecule has 0 bridgehead atoms. The Hall–Kier alpha value is -2.66. The van der Waals surface area contributed by atoms with Crippen molar-refractivity contribution in [3.05, 3.63) is 116 Å². The summed E-state index contributed by atoms with van der Waals surface area (Å²) in [6.07, 6.45) is 2.81. The maximum atomic E-state index is 16.4. The van der Waals surface area contributed by atoms with E-state index in [2.05, 4.69) is 10.6 Å². The second-order valence-electron chi connectivity index (χ2n) is 9.65. The first kappa shape index (κ1) is 33.2. The van der Waals surface area contributed by atoms with E-state index in [1.54, 1.807) is 31.2 Å². The van der Waals surface area contributed by atoms with E-state index in [0.29, 0.717) is 28.8 Å². The minimum absolute atomic E-state index is 0.115. The summed E-state index contributed by atoms with van der Waals surface area (Å²) in [6.45, 7) is 2.13. The first-order valence-corrected chi connectivity index (χ1v) is 16.0. The van der Waals surface area contributed by atoms with Gasteiger partial charge in [0.2, 0.25) is 9.84 Å². The van der Waals surface area contributed by atoms with Gasteiger partial charge in [0.05, 0.1) is 33.2 Å². The number of rotatable bonds is 11. The Balaban J connectivity index is 1.42. The molecule has 2 N–H and O–H groups in total. The van der Waals surface area contributed by atoms with Crippen molar-refractivity contribution in [1.29, 1.82) is 0 Å². The molecule has 1 aliphatic carbocycles. The van der Waals surface area contributed by atoms with E-state index in [1.807, 2.05) is 0 Å². The molecule has 0 saturated carbocycles. The van der Waals surface area contributed by atoms with Crippen molar-refractivity contribution in [2.75, 3.05) is 13.2 Å². The summed E-state index contributed by atoms with van der Waals surface area (Å²) in [4.78, 5) is 12.2. The summed E-state index contributed by atoms with van der Waals surface area (Å²) < 4.78 is 63.4. The van der Waals surface area contributed by atoms with Gasteiger partial charge in [-0.05, 0) is 74.0 Å². The van der Waals surface area contributed by atoms with Crippen LogP contribution in [0.3, 0.4) is 0 Å². The lowest BCUT2D eigenvalue weighted by atomic mass is 10.0. The zero-order chi connectivity index (χ0) is 31.4. The Morgan fingerprint density at radius 1 is 1.02 bits per heavy atom. The van der Waals surface area contributed by atoms with E-state index < -0.39 is 38.7 Å². The van der Waals surface area contributed by atoms with Crippen LogP contribution in [-0.2, 0) is 9.84 Å². The van der Waals surface area contributed by atoms with Crippen LogP contribution in [0.5, 0.6) is 5.75 Å². The fourth-order valence-corrected chi connectivity index (χ4v) is 7.16. The molecular formula is C30H26Cl4F2N2O4S. The SMILES string of the molecule is CC(NC1C=C(F)C=CC1(F)S(=O)(=O)c1ccc(Cl)cc1)c1ccccc1OCCCNC(=O)c1c(Cl)cc(Cl)cc1Cl. The summed E-state index contributed by atoms with van der Waals surface area (Å²) >= 11 is 24.0. The number of amides is 1. The lowest BCUT2D eigenvalue weighted by Crippen LogP contribution is -2.52. The van der Waals surface area contributed by atoms with E-state index in [9.17, 15) is 17.6 Å². The highest BCUT2D eigenvalue weighted by Crippen LogP contribution is 2.38. The van der Waals surface area contributed by atoms with Crippen LogP contribution < -0.4 is 15.4 Å².